The number of likely N-dealkylation sites (tertiary alicyclic amines) is 1. The zero-order chi connectivity index (χ0) is 81.2. The lowest BCUT2D eigenvalue weighted by molar-refractivity contribution is -0.140. The monoisotopic (exact) mass is 1560 g/mol. The van der Waals surface area contributed by atoms with Gasteiger partial charge in [0.2, 0.25) is 65.0 Å². The molecule has 3 aromatic heterocycles. The molecule has 3 aromatic carbocycles. The summed E-state index contributed by atoms with van der Waals surface area (Å²) in [5.41, 5.74) is 19.3. The van der Waals surface area contributed by atoms with Crippen molar-refractivity contribution in [2.24, 2.45) is 17.4 Å². The summed E-state index contributed by atoms with van der Waals surface area (Å²) in [6.45, 7) is 5.64. The Balaban J connectivity index is 1.14. The second-order valence-corrected chi connectivity index (χ2v) is 28.5. The van der Waals surface area contributed by atoms with E-state index in [1.807, 2.05) is 42.5 Å². The van der Waals surface area contributed by atoms with E-state index in [2.05, 4.69) is 73.4 Å². The Kier molecular flexibility index (Phi) is 35.2. The van der Waals surface area contributed by atoms with Crippen LogP contribution in [0.25, 0.3) is 10.8 Å². The van der Waals surface area contributed by atoms with Gasteiger partial charge in [0, 0.05) is 81.7 Å². The number of aliphatic hydroxyl groups is 1. The van der Waals surface area contributed by atoms with Crippen LogP contribution in [-0.2, 0) is 72.0 Å². The smallest absolute Gasteiger partial charge is 0.269 e. The average Bonchev–Trinajstić information content (AvgIpc) is 0.975. The van der Waals surface area contributed by atoms with E-state index in [1.165, 1.54) is 61.7 Å². The number of nitrogens with one attached hydrogen (secondary N) is 11. The molecule has 1 aliphatic heterocycles. The molecule has 600 valence electrons. The molecule has 10 atom stereocenters. The van der Waals surface area contributed by atoms with Gasteiger partial charge in [0.1, 0.15) is 65.9 Å². The lowest BCUT2D eigenvalue weighted by Gasteiger charge is -2.29. The molecule has 1 fully saturated rings. The number of hydrogen-bond donors (Lipinski definition) is 15. The van der Waals surface area contributed by atoms with Gasteiger partial charge >= 0.3 is 0 Å². The molecule has 112 heavy (non-hydrogen) atoms. The third kappa shape index (κ3) is 28.7. The zero-order valence-corrected chi connectivity index (χ0v) is 64.1. The molecule has 0 bridgehead atoms. The topological polar surface area (TPSA) is 494 Å². The average molecular weight is 1560 g/mol. The van der Waals surface area contributed by atoms with Crippen molar-refractivity contribution in [2.75, 3.05) is 38.5 Å². The minimum atomic E-state index is -1.84. The number of nitrogen functional groups attached to an aromatic ring is 1. The molecule has 4 heterocycles. The number of primary amides is 1. The summed E-state index contributed by atoms with van der Waals surface area (Å²) in [7, 11) is 0. The van der Waals surface area contributed by atoms with Gasteiger partial charge in [0.05, 0.1) is 12.2 Å². The molecule has 1 saturated heterocycles. The minimum absolute atomic E-state index is 0.0231. The van der Waals surface area contributed by atoms with E-state index in [4.69, 9.17) is 28.8 Å². The van der Waals surface area contributed by atoms with Gasteiger partial charge in [-0.05, 0) is 166 Å². The largest absolute Gasteiger partial charge is 0.394 e. The van der Waals surface area contributed by atoms with Crippen LogP contribution in [0.3, 0.4) is 0 Å². The van der Waals surface area contributed by atoms with Crippen LogP contribution >= 0.6 is 11.6 Å². The predicted molar refractivity (Wildman–Crippen MR) is 418 cm³/mol. The quantitative estimate of drug-likeness (QED) is 0.0241. The van der Waals surface area contributed by atoms with Crippen molar-refractivity contribution < 1.29 is 67.4 Å². The van der Waals surface area contributed by atoms with E-state index in [1.54, 1.807) is 62.4 Å². The molecule has 1 aliphatic rings. The summed E-state index contributed by atoms with van der Waals surface area (Å²) in [5, 5.41) is 43.3. The van der Waals surface area contributed by atoms with Crippen LogP contribution in [0.4, 0.5) is 5.82 Å². The van der Waals surface area contributed by atoms with Crippen molar-refractivity contribution in [1.82, 2.24) is 78.3 Å². The number of halogens is 1. The molecule has 0 aliphatic carbocycles. The van der Waals surface area contributed by atoms with Crippen molar-refractivity contribution in [3.05, 3.63) is 167 Å². The number of amides is 13. The fraction of sp³-hybridized carbons (Fsp3) is 0.443. The van der Waals surface area contributed by atoms with Crippen LogP contribution < -0.4 is 75.7 Å². The van der Waals surface area contributed by atoms with E-state index in [9.17, 15) is 62.6 Å². The lowest BCUT2D eigenvalue weighted by Crippen LogP contribution is -2.61. The number of carbonyl (C=O) groups excluding carboxylic acids is 13. The Morgan fingerprint density at radius 1 is 0.554 bits per heavy atom. The summed E-state index contributed by atoms with van der Waals surface area (Å²) < 4.78 is 0. The molecule has 33 heteroatoms. The van der Waals surface area contributed by atoms with Gasteiger partial charge in [-0.1, -0.05) is 92.2 Å². The highest BCUT2D eigenvalue weighted by Crippen LogP contribution is 2.22. The van der Waals surface area contributed by atoms with Crippen molar-refractivity contribution in [2.45, 2.75) is 184 Å². The number of hydrogen-bond acceptors (Lipinski definition) is 19. The molecule has 7 rings (SSSR count). The number of unbranched alkanes of at least 4 members (excludes halogenated alkanes) is 1. The van der Waals surface area contributed by atoms with Gasteiger partial charge in [0.25, 0.3) is 11.8 Å². The fourth-order valence-electron chi connectivity index (χ4n) is 12.7. The standard InChI is InChI=1S/C79H103ClN18O14/c1-47(2)39-62(75(108)91-57(18-11-33-81)43-68(101)98-38-14-22-66(98)79(112)89-48(3)69(83)102)95-73(106)60(21-13-37-86-70(103)55-28-32-67(82)88-45-55)92-72(105)59(20-8-10-36-87-71(104)58-19-7-9-35-85-58)93-78(111)65(46-99)97-77(110)64(42-52-15-12-34-84-44-52)96-74(107)61(31-26-50-24-29-56(80)30-25-50)94-76(109)63(90-49(4)100)41-51-23-27-53-16-5-6-17-54(53)40-51/h5-7,9,12,15-17,19,23-25,27-30,32,34-35,40,44-45,47-48,57,59-66,99H,8,10-11,13-14,18,20-22,26,31,33,36-39,41-43,46,81H2,1-4H3,(H2,82,88)(H2,83,102)(H,86,103)(H,87,104)(H,89,112)(H,90,100)(H,91,108)(H,92,105)(H,93,111)(H,94,109)(H,95,106)(H,96,107)(H,97,110)/t48-,57+,59+,60-,61-,62+,63-,64-,65+,66+/m1/s1. The first-order valence-corrected chi connectivity index (χ1v) is 38.0. The number of carbonyl (C=O) groups is 13. The zero-order valence-electron chi connectivity index (χ0n) is 63.3. The fourth-order valence-corrected chi connectivity index (χ4v) is 12.8. The van der Waals surface area contributed by atoms with Crippen LogP contribution in [0.2, 0.25) is 5.02 Å². The van der Waals surface area contributed by atoms with E-state index in [-0.39, 0.29) is 126 Å². The van der Waals surface area contributed by atoms with Gasteiger partial charge in [-0.15, -0.1) is 0 Å². The number of anilines is 1. The van der Waals surface area contributed by atoms with Gasteiger partial charge in [-0.3, -0.25) is 72.3 Å². The van der Waals surface area contributed by atoms with Crippen LogP contribution in [0.5, 0.6) is 0 Å². The number of aliphatic hydroxyl groups excluding tert-OH is 1. The van der Waals surface area contributed by atoms with Crippen LogP contribution in [-0.4, -0.2) is 195 Å². The maximum absolute atomic E-state index is 15.1. The van der Waals surface area contributed by atoms with Crippen molar-refractivity contribution in [1.29, 1.82) is 0 Å². The maximum Gasteiger partial charge on any atom is 0.269 e. The van der Waals surface area contributed by atoms with Gasteiger partial charge < -0.3 is 85.7 Å². The Hall–Kier alpha value is -11.5. The molecular formula is C79H103ClN18O14. The Bertz CT molecular complexity index is 4180. The van der Waals surface area contributed by atoms with E-state index >= 15 is 4.79 Å². The number of nitrogens with two attached hydrogens (primary N) is 3. The van der Waals surface area contributed by atoms with Gasteiger partial charge in [0.15, 0.2) is 0 Å². The molecule has 0 saturated carbocycles. The highest BCUT2D eigenvalue weighted by molar-refractivity contribution is 6.30. The third-order valence-corrected chi connectivity index (χ3v) is 19.0. The number of aryl methyl sites for hydroxylation is 1. The van der Waals surface area contributed by atoms with Crippen LogP contribution in [0.15, 0.2) is 134 Å². The number of benzene rings is 3. The van der Waals surface area contributed by atoms with E-state index in [0.717, 1.165) is 16.3 Å². The number of rotatable bonds is 44. The van der Waals surface area contributed by atoms with Crippen molar-refractivity contribution in [3.63, 3.8) is 0 Å². The minimum Gasteiger partial charge on any atom is -0.394 e. The normalized spacial score (nSPS) is 14.9. The summed E-state index contributed by atoms with van der Waals surface area (Å²) in [6, 6.07) is 17.9. The predicted octanol–water partition coefficient (Wildman–Crippen LogP) is 1.54. The third-order valence-electron chi connectivity index (χ3n) is 18.7. The number of pyridine rings is 3. The van der Waals surface area contributed by atoms with Gasteiger partial charge in [-0.25, -0.2) is 4.98 Å². The molecular weight excluding hydrogens is 1460 g/mol. The second-order valence-electron chi connectivity index (χ2n) is 28.1. The second kappa shape index (κ2) is 45.0. The van der Waals surface area contributed by atoms with Crippen LogP contribution in [0, 0.1) is 5.92 Å². The summed E-state index contributed by atoms with van der Waals surface area (Å²) in [4.78, 5) is 195. The molecule has 0 spiro atoms. The Labute approximate surface area is 655 Å². The van der Waals surface area contributed by atoms with E-state index in [0.29, 0.717) is 35.4 Å². The maximum atomic E-state index is 15.1. The molecule has 6 aromatic rings. The van der Waals surface area contributed by atoms with Crippen molar-refractivity contribution >= 4 is 105 Å². The number of nitrogens with zero attached hydrogens (tertiary/aromatic N) is 4. The highest BCUT2D eigenvalue weighted by atomic mass is 35.5. The molecule has 18 N–H and O–H groups in total. The molecule has 32 nitrogen and oxygen atoms in total. The van der Waals surface area contributed by atoms with Crippen LogP contribution in [0.1, 0.15) is 142 Å². The summed E-state index contributed by atoms with van der Waals surface area (Å²) >= 11 is 6.22. The first-order chi connectivity index (χ1) is 53.7. The molecule has 0 unspecified atom stereocenters. The summed E-state index contributed by atoms with van der Waals surface area (Å²) in [5.74, 6) is -9.60. The first kappa shape index (κ1) is 87.7. The number of fused-ring (bicyclic) bond motifs is 1. The van der Waals surface area contributed by atoms with Gasteiger partial charge in [-0.2, -0.15) is 0 Å². The highest BCUT2D eigenvalue weighted by Gasteiger charge is 2.38. The molecule has 0 radical (unpaired) electrons. The molecule has 13 amide bonds. The Morgan fingerprint density at radius 3 is 1.77 bits per heavy atom. The SMILES string of the molecule is CC(=O)N[C@H](Cc1ccc2ccccc2c1)C(=O)N[C@H](CCc1ccc(Cl)cc1)C(=O)N[C@H](Cc1cccnc1)C(=O)N[C@@H](CO)C(=O)N[C@@H](CCCCNC(=O)c1ccccn1)C(=O)N[C@H](CCCNC(=O)c1ccc(N)nc1)C(=O)N[C@@H](CC(C)C)C(=O)N[C@@H](CCCN)CC(=O)N1CCC[C@H]1C(=O)N[C@H](C)C(N)=O. The first-order valence-electron chi connectivity index (χ1n) is 37.6. The van der Waals surface area contributed by atoms with E-state index < -0.39 is 144 Å². The lowest BCUT2D eigenvalue weighted by atomic mass is 9.99. The Morgan fingerprint density at radius 2 is 1.14 bits per heavy atom. The summed E-state index contributed by atoms with van der Waals surface area (Å²) in [6.07, 6.45) is 6.75. The number of aromatic nitrogens is 3. The van der Waals surface area contributed by atoms with Crippen molar-refractivity contribution in [3.8, 4) is 0 Å².